The van der Waals surface area contributed by atoms with E-state index in [-0.39, 0.29) is 0 Å². The SMILES string of the molecule is CCN(CCCN)c1ccnc2ccccc12. The molecule has 0 fully saturated rings. The van der Waals surface area contributed by atoms with Crippen molar-refractivity contribution >= 4 is 16.6 Å². The van der Waals surface area contributed by atoms with Gasteiger partial charge in [0.05, 0.1) is 5.52 Å². The van der Waals surface area contributed by atoms with E-state index in [1.165, 1.54) is 11.1 Å². The highest BCUT2D eigenvalue weighted by molar-refractivity contribution is 5.91. The summed E-state index contributed by atoms with van der Waals surface area (Å²) in [4.78, 5) is 6.75. The van der Waals surface area contributed by atoms with Crippen molar-refractivity contribution in [3.05, 3.63) is 36.5 Å². The molecule has 0 radical (unpaired) electrons. The van der Waals surface area contributed by atoms with Gasteiger partial charge < -0.3 is 10.6 Å². The molecule has 0 aliphatic carbocycles. The lowest BCUT2D eigenvalue weighted by Gasteiger charge is -2.24. The Morgan fingerprint density at radius 3 is 2.82 bits per heavy atom. The largest absolute Gasteiger partial charge is 0.371 e. The van der Waals surface area contributed by atoms with Crippen molar-refractivity contribution in [2.24, 2.45) is 5.73 Å². The molecule has 0 spiro atoms. The van der Waals surface area contributed by atoms with Crippen molar-refractivity contribution < 1.29 is 0 Å². The first-order chi connectivity index (χ1) is 8.36. The van der Waals surface area contributed by atoms with Gasteiger partial charge in [-0.3, -0.25) is 4.98 Å². The Hall–Kier alpha value is -1.61. The van der Waals surface area contributed by atoms with Crippen LogP contribution in [-0.4, -0.2) is 24.6 Å². The van der Waals surface area contributed by atoms with Crippen molar-refractivity contribution in [1.29, 1.82) is 0 Å². The molecule has 2 rings (SSSR count). The van der Waals surface area contributed by atoms with Crippen molar-refractivity contribution in [1.82, 2.24) is 4.98 Å². The molecule has 1 aromatic carbocycles. The first-order valence-electron chi connectivity index (χ1n) is 6.15. The molecule has 0 bridgehead atoms. The average molecular weight is 229 g/mol. The topological polar surface area (TPSA) is 42.1 Å². The Labute approximate surface area is 102 Å². The molecule has 0 atom stereocenters. The van der Waals surface area contributed by atoms with E-state index in [0.717, 1.165) is 31.6 Å². The van der Waals surface area contributed by atoms with Gasteiger partial charge >= 0.3 is 0 Å². The number of hydrogen-bond donors (Lipinski definition) is 1. The normalized spacial score (nSPS) is 10.7. The van der Waals surface area contributed by atoms with Crippen LogP contribution in [0.15, 0.2) is 36.5 Å². The molecule has 3 heteroatoms. The van der Waals surface area contributed by atoms with Gasteiger partial charge in [0.15, 0.2) is 0 Å². The van der Waals surface area contributed by atoms with E-state index in [0.29, 0.717) is 0 Å². The lowest BCUT2D eigenvalue weighted by molar-refractivity contribution is 0.756. The molecule has 90 valence electrons. The van der Waals surface area contributed by atoms with Crippen LogP contribution in [0.2, 0.25) is 0 Å². The molecular formula is C14H19N3. The first kappa shape index (κ1) is 11.9. The summed E-state index contributed by atoms with van der Waals surface area (Å²) >= 11 is 0. The van der Waals surface area contributed by atoms with Crippen molar-refractivity contribution in [3.8, 4) is 0 Å². The molecule has 17 heavy (non-hydrogen) atoms. The molecule has 1 aromatic heterocycles. The Kier molecular flexibility index (Phi) is 3.94. The number of nitrogens with zero attached hydrogens (tertiary/aromatic N) is 2. The highest BCUT2D eigenvalue weighted by atomic mass is 15.1. The second-order valence-corrected chi connectivity index (χ2v) is 4.07. The Morgan fingerprint density at radius 2 is 2.06 bits per heavy atom. The summed E-state index contributed by atoms with van der Waals surface area (Å²) in [5, 5.41) is 1.22. The minimum Gasteiger partial charge on any atom is -0.371 e. The minimum atomic E-state index is 0.736. The molecule has 3 nitrogen and oxygen atoms in total. The van der Waals surface area contributed by atoms with Gasteiger partial charge in [-0.2, -0.15) is 0 Å². The second-order valence-electron chi connectivity index (χ2n) is 4.07. The van der Waals surface area contributed by atoms with Crippen molar-refractivity contribution in [2.45, 2.75) is 13.3 Å². The van der Waals surface area contributed by atoms with Crippen molar-refractivity contribution in [3.63, 3.8) is 0 Å². The number of pyridine rings is 1. The fourth-order valence-corrected chi connectivity index (χ4v) is 2.09. The van der Waals surface area contributed by atoms with Gasteiger partial charge in [0.25, 0.3) is 0 Å². The summed E-state index contributed by atoms with van der Waals surface area (Å²) < 4.78 is 0. The van der Waals surface area contributed by atoms with E-state index in [1.807, 2.05) is 12.3 Å². The lowest BCUT2D eigenvalue weighted by atomic mass is 10.1. The van der Waals surface area contributed by atoms with Gasteiger partial charge in [-0.1, -0.05) is 18.2 Å². The molecule has 0 saturated carbocycles. The second kappa shape index (κ2) is 5.64. The maximum Gasteiger partial charge on any atom is 0.0722 e. The van der Waals surface area contributed by atoms with Gasteiger partial charge in [0, 0.05) is 30.4 Å². The van der Waals surface area contributed by atoms with Crippen LogP contribution in [0.1, 0.15) is 13.3 Å². The van der Waals surface area contributed by atoms with E-state index in [9.17, 15) is 0 Å². The van der Waals surface area contributed by atoms with E-state index >= 15 is 0 Å². The molecule has 0 aliphatic heterocycles. The summed E-state index contributed by atoms with van der Waals surface area (Å²) in [6.45, 7) is 4.90. The summed E-state index contributed by atoms with van der Waals surface area (Å²) in [5.41, 5.74) is 7.89. The Morgan fingerprint density at radius 1 is 1.24 bits per heavy atom. The van der Waals surface area contributed by atoms with Crippen LogP contribution in [0.3, 0.4) is 0 Å². The molecular weight excluding hydrogens is 210 g/mol. The number of benzene rings is 1. The van der Waals surface area contributed by atoms with Crippen LogP contribution in [0, 0.1) is 0 Å². The minimum absolute atomic E-state index is 0.736. The quantitative estimate of drug-likeness (QED) is 0.856. The van der Waals surface area contributed by atoms with E-state index in [4.69, 9.17) is 5.73 Å². The number of nitrogens with two attached hydrogens (primary N) is 1. The summed E-state index contributed by atoms with van der Waals surface area (Å²) in [7, 11) is 0. The van der Waals surface area contributed by atoms with Crippen LogP contribution in [-0.2, 0) is 0 Å². The van der Waals surface area contributed by atoms with Crippen molar-refractivity contribution in [2.75, 3.05) is 24.5 Å². The van der Waals surface area contributed by atoms with Gasteiger partial charge in [0.1, 0.15) is 0 Å². The molecule has 0 saturated heterocycles. The van der Waals surface area contributed by atoms with Crippen LogP contribution in [0.4, 0.5) is 5.69 Å². The molecule has 2 N–H and O–H groups in total. The standard InChI is InChI=1S/C14H19N3/c1-2-17(11-5-9-15)14-8-10-16-13-7-4-3-6-12(13)14/h3-4,6-8,10H,2,5,9,11,15H2,1H3. The zero-order valence-electron chi connectivity index (χ0n) is 10.3. The maximum atomic E-state index is 5.58. The Balaban J connectivity index is 2.38. The summed E-state index contributed by atoms with van der Waals surface area (Å²) in [6, 6.07) is 10.3. The third-order valence-corrected chi connectivity index (χ3v) is 2.98. The molecule has 2 aromatic rings. The smallest absolute Gasteiger partial charge is 0.0722 e. The Bertz CT molecular complexity index is 476. The fourth-order valence-electron chi connectivity index (χ4n) is 2.09. The predicted molar refractivity (Wildman–Crippen MR) is 73.3 cm³/mol. The highest BCUT2D eigenvalue weighted by Crippen LogP contribution is 2.24. The van der Waals surface area contributed by atoms with Gasteiger partial charge in [-0.15, -0.1) is 0 Å². The predicted octanol–water partition coefficient (Wildman–Crippen LogP) is 2.41. The monoisotopic (exact) mass is 229 g/mol. The van der Waals surface area contributed by atoms with Gasteiger partial charge in [-0.25, -0.2) is 0 Å². The fraction of sp³-hybridized carbons (Fsp3) is 0.357. The summed E-state index contributed by atoms with van der Waals surface area (Å²) in [6.07, 6.45) is 2.90. The van der Waals surface area contributed by atoms with Crippen LogP contribution in [0.5, 0.6) is 0 Å². The number of anilines is 1. The molecule has 0 aliphatic rings. The number of para-hydroxylation sites is 1. The van der Waals surface area contributed by atoms with Crippen LogP contribution >= 0.6 is 0 Å². The summed E-state index contributed by atoms with van der Waals surface area (Å²) in [5.74, 6) is 0. The maximum absolute atomic E-state index is 5.58. The molecule has 1 heterocycles. The third-order valence-electron chi connectivity index (χ3n) is 2.98. The van der Waals surface area contributed by atoms with Gasteiger partial charge in [-0.05, 0) is 32.0 Å². The molecule has 0 amide bonds. The zero-order valence-corrected chi connectivity index (χ0v) is 10.3. The number of rotatable bonds is 5. The van der Waals surface area contributed by atoms with Gasteiger partial charge in [0.2, 0.25) is 0 Å². The number of hydrogen-bond acceptors (Lipinski definition) is 3. The van der Waals surface area contributed by atoms with E-state index in [1.54, 1.807) is 0 Å². The number of aromatic nitrogens is 1. The molecule has 0 unspecified atom stereocenters. The van der Waals surface area contributed by atoms with E-state index in [2.05, 4.69) is 41.1 Å². The first-order valence-corrected chi connectivity index (χ1v) is 6.15. The zero-order chi connectivity index (χ0) is 12.1. The highest BCUT2D eigenvalue weighted by Gasteiger charge is 2.07. The third kappa shape index (κ3) is 2.56. The average Bonchev–Trinajstić information content (AvgIpc) is 2.40. The number of fused-ring (bicyclic) bond motifs is 1. The lowest BCUT2D eigenvalue weighted by Crippen LogP contribution is -2.25. The van der Waals surface area contributed by atoms with Crippen LogP contribution < -0.4 is 10.6 Å². The van der Waals surface area contributed by atoms with Crippen LogP contribution in [0.25, 0.3) is 10.9 Å². The van der Waals surface area contributed by atoms with E-state index < -0.39 is 0 Å².